The highest BCUT2D eigenvalue weighted by atomic mass is 16.6. The molecule has 3 atom stereocenters. The lowest BCUT2D eigenvalue weighted by atomic mass is 9.92. The molecule has 3 amide bonds. The molecule has 1 heterocycles. The average molecular weight is 631 g/mol. The van der Waals surface area contributed by atoms with Crippen LogP contribution in [0.15, 0.2) is 91.0 Å². The van der Waals surface area contributed by atoms with Gasteiger partial charge in [0.15, 0.2) is 0 Å². The number of ether oxygens (including phenoxy) is 2. The number of hydrogen-bond donors (Lipinski definition) is 2. The van der Waals surface area contributed by atoms with Crippen molar-refractivity contribution in [1.29, 1.82) is 0 Å². The Bertz CT molecular complexity index is 1440. The standard InChI is InChI=1S/C36H43N3O7/c1-36(2,3)46-35(43)39(22-21-37-24-31(39)34(42)44-25-28-15-9-5-10-16-28)33(41)30(20-19-27-13-7-4-8-14-27)23-32(40)38-45-26-29-17-11-6-12-18-29/h4-18,30-31,37H,19-26H2,1-3H3/p+1/t30-,31?,39-/m1/s1. The van der Waals surface area contributed by atoms with Gasteiger partial charge < -0.3 is 14.8 Å². The smallest absolute Gasteiger partial charge is 0.456 e. The molecule has 0 saturated carbocycles. The van der Waals surface area contributed by atoms with Gasteiger partial charge in [-0.25, -0.2) is 15.1 Å². The topological polar surface area (TPSA) is 120 Å². The van der Waals surface area contributed by atoms with Crippen molar-refractivity contribution < 1.29 is 38.0 Å². The highest BCUT2D eigenvalue weighted by molar-refractivity contribution is 5.90. The predicted molar refractivity (Wildman–Crippen MR) is 172 cm³/mol. The summed E-state index contributed by atoms with van der Waals surface area (Å²) in [5.74, 6) is -2.71. The van der Waals surface area contributed by atoms with Crippen molar-refractivity contribution in [3.05, 3.63) is 108 Å². The number of aryl methyl sites for hydroxylation is 1. The monoisotopic (exact) mass is 630 g/mol. The Balaban J connectivity index is 1.62. The normalized spacial score (nSPS) is 18.6. The fraction of sp³-hybridized carbons (Fsp3) is 0.389. The van der Waals surface area contributed by atoms with Crippen molar-refractivity contribution in [3.63, 3.8) is 0 Å². The fourth-order valence-electron chi connectivity index (χ4n) is 5.47. The van der Waals surface area contributed by atoms with Gasteiger partial charge in [0.1, 0.15) is 18.8 Å². The molecule has 0 aliphatic carbocycles. The Morgan fingerprint density at radius 1 is 0.848 bits per heavy atom. The fourth-order valence-corrected chi connectivity index (χ4v) is 5.47. The van der Waals surface area contributed by atoms with Crippen LogP contribution in [0.25, 0.3) is 0 Å². The molecule has 10 heteroatoms. The summed E-state index contributed by atoms with van der Waals surface area (Å²) in [6.45, 7) is 5.53. The Labute approximate surface area is 270 Å². The van der Waals surface area contributed by atoms with E-state index in [0.717, 1.165) is 16.7 Å². The SMILES string of the molecule is CC(C)(C)OC(=O)[N@+]1(C(=O)[C@H](CCc2ccccc2)CC(=O)NOCc2ccccc2)CCNCC1C(=O)OCc1ccccc1. The van der Waals surface area contributed by atoms with Gasteiger partial charge in [-0.2, -0.15) is 4.79 Å². The van der Waals surface area contributed by atoms with Crippen molar-refractivity contribution in [3.8, 4) is 0 Å². The quantitative estimate of drug-likeness (QED) is 0.165. The van der Waals surface area contributed by atoms with E-state index in [1.807, 2.05) is 91.0 Å². The number of benzene rings is 3. The zero-order valence-corrected chi connectivity index (χ0v) is 26.8. The van der Waals surface area contributed by atoms with E-state index in [0.29, 0.717) is 6.42 Å². The first kappa shape index (κ1) is 34.5. The van der Waals surface area contributed by atoms with Gasteiger partial charge in [0.05, 0.1) is 19.1 Å². The summed E-state index contributed by atoms with van der Waals surface area (Å²) in [5, 5.41) is 3.15. The van der Waals surface area contributed by atoms with Gasteiger partial charge in [0.2, 0.25) is 11.9 Å². The van der Waals surface area contributed by atoms with E-state index in [-0.39, 0.29) is 45.7 Å². The maximum atomic E-state index is 14.8. The second-order valence-corrected chi connectivity index (χ2v) is 12.4. The van der Waals surface area contributed by atoms with Crippen LogP contribution in [0.1, 0.15) is 50.3 Å². The molecule has 1 aliphatic heterocycles. The number of imide groups is 1. The molecule has 0 radical (unpaired) electrons. The van der Waals surface area contributed by atoms with Gasteiger partial charge in [-0.15, -0.1) is 4.48 Å². The number of carbonyl (C=O) groups is 4. The summed E-state index contributed by atoms with van der Waals surface area (Å²) < 4.78 is 10.6. The van der Waals surface area contributed by atoms with Crippen LogP contribution < -0.4 is 10.8 Å². The molecule has 0 spiro atoms. The number of carbonyl (C=O) groups excluding carboxylic acids is 4. The number of esters is 1. The summed E-state index contributed by atoms with van der Waals surface area (Å²) >= 11 is 0. The third-order valence-corrected chi connectivity index (χ3v) is 7.79. The van der Waals surface area contributed by atoms with Crippen LogP contribution in [0.4, 0.5) is 4.79 Å². The minimum absolute atomic E-state index is 0.0166. The minimum atomic E-state index is -1.21. The van der Waals surface area contributed by atoms with Crippen molar-refractivity contribution in [2.24, 2.45) is 5.92 Å². The van der Waals surface area contributed by atoms with Crippen LogP contribution in [0.5, 0.6) is 0 Å². The predicted octanol–water partition coefficient (Wildman–Crippen LogP) is 4.87. The molecular weight excluding hydrogens is 586 g/mol. The van der Waals surface area contributed by atoms with Gasteiger partial charge in [-0.1, -0.05) is 91.0 Å². The molecule has 4 rings (SSSR count). The summed E-state index contributed by atoms with van der Waals surface area (Å²) in [4.78, 5) is 61.3. The molecule has 2 N–H and O–H groups in total. The molecule has 1 saturated heterocycles. The molecule has 10 nitrogen and oxygen atoms in total. The number of rotatable bonds is 12. The van der Waals surface area contributed by atoms with E-state index in [1.54, 1.807) is 20.8 Å². The average Bonchev–Trinajstić information content (AvgIpc) is 3.05. The zero-order chi connectivity index (χ0) is 33.0. The molecule has 1 aliphatic rings. The summed E-state index contributed by atoms with van der Waals surface area (Å²) in [6, 6.07) is 26.9. The van der Waals surface area contributed by atoms with Crippen LogP contribution in [0.2, 0.25) is 0 Å². The van der Waals surface area contributed by atoms with E-state index < -0.39 is 45.9 Å². The van der Waals surface area contributed by atoms with Crippen LogP contribution in [0.3, 0.4) is 0 Å². The van der Waals surface area contributed by atoms with Crippen LogP contribution >= 0.6 is 0 Å². The first-order valence-corrected chi connectivity index (χ1v) is 15.6. The van der Waals surface area contributed by atoms with Crippen LogP contribution in [0, 0.1) is 5.92 Å². The molecule has 1 unspecified atom stereocenters. The lowest BCUT2D eigenvalue weighted by Gasteiger charge is -2.42. The number of hydrogen-bond acceptors (Lipinski definition) is 8. The largest absolute Gasteiger partial charge is 0.524 e. The molecule has 3 aromatic carbocycles. The highest BCUT2D eigenvalue weighted by Gasteiger charge is 2.60. The second kappa shape index (κ2) is 16.3. The van der Waals surface area contributed by atoms with E-state index in [4.69, 9.17) is 14.3 Å². The molecule has 0 aromatic heterocycles. The number of nitrogens with zero attached hydrogens (tertiary/aromatic N) is 1. The van der Waals surface area contributed by atoms with Crippen molar-refractivity contribution >= 4 is 23.9 Å². The van der Waals surface area contributed by atoms with Crippen LogP contribution in [-0.2, 0) is 48.3 Å². The lowest BCUT2D eigenvalue weighted by molar-refractivity contribution is -0.806. The van der Waals surface area contributed by atoms with Crippen LogP contribution in [-0.4, -0.2) is 59.6 Å². The maximum absolute atomic E-state index is 14.8. The summed E-state index contributed by atoms with van der Waals surface area (Å²) in [6.07, 6.45) is -0.351. The molecule has 46 heavy (non-hydrogen) atoms. The Morgan fingerprint density at radius 3 is 2.00 bits per heavy atom. The van der Waals surface area contributed by atoms with E-state index in [9.17, 15) is 19.2 Å². The third-order valence-electron chi connectivity index (χ3n) is 7.79. The van der Waals surface area contributed by atoms with E-state index >= 15 is 0 Å². The first-order chi connectivity index (χ1) is 22.1. The Hall–Kier alpha value is -4.38. The molecule has 1 fully saturated rings. The van der Waals surface area contributed by atoms with Crippen molar-refractivity contribution in [2.75, 3.05) is 19.6 Å². The number of quaternary nitrogens is 1. The van der Waals surface area contributed by atoms with E-state index in [2.05, 4.69) is 10.8 Å². The molecule has 244 valence electrons. The summed E-state index contributed by atoms with van der Waals surface area (Å²) in [5.41, 5.74) is 4.13. The molecular formula is C36H44N3O7+. The second-order valence-electron chi connectivity index (χ2n) is 12.4. The van der Waals surface area contributed by atoms with Gasteiger partial charge in [-0.3, -0.25) is 9.63 Å². The minimum Gasteiger partial charge on any atom is -0.456 e. The summed E-state index contributed by atoms with van der Waals surface area (Å²) in [7, 11) is 0. The van der Waals surface area contributed by atoms with Gasteiger partial charge >= 0.3 is 18.0 Å². The highest BCUT2D eigenvalue weighted by Crippen LogP contribution is 2.30. The number of nitrogens with one attached hydrogen (secondary N) is 2. The molecule has 3 aromatic rings. The lowest BCUT2D eigenvalue weighted by Crippen LogP contribution is -2.74. The number of hydroxylamine groups is 1. The van der Waals surface area contributed by atoms with Crippen molar-refractivity contribution in [2.45, 2.75) is 64.9 Å². The first-order valence-electron chi connectivity index (χ1n) is 15.6. The van der Waals surface area contributed by atoms with E-state index in [1.165, 1.54) is 0 Å². The molecule has 0 bridgehead atoms. The van der Waals surface area contributed by atoms with Crippen molar-refractivity contribution in [1.82, 2.24) is 10.8 Å². The Kier molecular flexibility index (Phi) is 12.2. The third kappa shape index (κ3) is 9.56. The van der Waals surface area contributed by atoms with Gasteiger partial charge in [0, 0.05) is 13.0 Å². The number of amides is 3. The van der Waals surface area contributed by atoms with Gasteiger partial charge in [0.25, 0.3) is 0 Å². The van der Waals surface area contributed by atoms with Gasteiger partial charge in [-0.05, 0) is 50.3 Å². The maximum Gasteiger partial charge on any atom is 0.524 e. The zero-order valence-electron chi connectivity index (χ0n) is 26.8. The Morgan fingerprint density at radius 2 is 1.41 bits per heavy atom. The number of piperazine rings is 1.